The largest absolute Gasteiger partial charge is 0.0841 e. The topological polar surface area (TPSA) is 0 Å². The van der Waals surface area contributed by atoms with Crippen LogP contribution in [0.15, 0.2) is 70.4 Å². The third-order valence-corrected chi connectivity index (χ3v) is 4.54. The molecule has 0 heteroatoms. The highest BCUT2D eigenvalue weighted by molar-refractivity contribution is 5.37. The van der Waals surface area contributed by atoms with Gasteiger partial charge in [0.25, 0.3) is 0 Å². The Labute approximate surface area is 130 Å². The third kappa shape index (κ3) is 4.46. The lowest BCUT2D eigenvalue weighted by molar-refractivity contribution is 0.715. The van der Waals surface area contributed by atoms with Crippen LogP contribution in [0.4, 0.5) is 0 Å². The second-order valence-corrected chi connectivity index (χ2v) is 6.36. The van der Waals surface area contributed by atoms with Crippen molar-refractivity contribution in [1.29, 1.82) is 0 Å². The van der Waals surface area contributed by atoms with E-state index in [4.69, 9.17) is 0 Å². The first-order valence-corrected chi connectivity index (χ1v) is 8.13. The van der Waals surface area contributed by atoms with Gasteiger partial charge < -0.3 is 0 Å². The zero-order valence-electron chi connectivity index (χ0n) is 13.9. The van der Waals surface area contributed by atoms with Gasteiger partial charge in [-0.1, -0.05) is 59.3 Å². The lowest BCUT2D eigenvalue weighted by atomic mass is 9.85. The number of hydrogen-bond acceptors (Lipinski definition) is 0. The molecule has 0 N–H and O–H groups in total. The van der Waals surface area contributed by atoms with Crippen LogP contribution in [0.3, 0.4) is 0 Å². The van der Waals surface area contributed by atoms with E-state index in [1.165, 1.54) is 40.7 Å². The van der Waals surface area contributed by atoms with Gasteiger partial charge in [0.15, 0.2) is 0 Å². The molecule has 112 valence electrons. The van der Waals surface area contributed by atoms with E-state index in [-0.39, 0.29) is 0 Å². The SMILES string of the molecule is CC=C(C=C(C)C1CC=CC=C1C)CC1=CCCC(C)=C1. The second-order valence-electron chi connectivity index (χ2n) is 6.36. The summed E-state index contributed by atoms with van der Waals surface area (Å²) in [6.45, 7) is 8.92. The molecular weight excluding hydrogens is 252 g/mol. The molecule has 2 rings (SSSR count). The van der Waals surface area contributed by atoms with Gasteiger partial charge in [0.05, 0.1) is 0 Å². The standard InChI is InChI=1S/C21H28/c1-5-19(15-20-11-8-9-16(2)13-20)14-18(4)21-12-7-6-10-17(21)3/h5-7,10-11,13-14,21H,8-9,12,15H2,1-4H3. The van der Waals surface area contributed by atoms with E-state index in [9.17, 15) is 0 Å². The van der Waals surface area contributed by atoms with E-state index in [0.717, 1.165) is 12.8 Å². The van der Waals surface area contributed by atoms with Gasteiger partial charge in [-0.25, -0.2) is 0 Å². The van der Waals surface area contributed by atoms with Gasteiger partial charge in [0, 0.05) is 5.92 Å². The monoisotopic (exact) mass is 280 g/mol. The first kappa shape index (κ1) is 15.8. The van der Waals surface area contributed by atoms with E-state index in [1.54, 1.807) is 0 Å². The molecule has 2 aliphatic rings. The first-order valence-electron chi connectivity index (χ1n) is 8.13. The molecule has 0 aromatic carbocycles. The predicted molar refractivity (Wildman–Crippen MR) is 94.2 cm³/mol. The molecule has 1 unspecified atom stereocenters. The summed E-state index contributed by atoms with van der Waals surface area (Å²) in [6, 6.07) is 0. The molecule has 0 saturated heterocycles. The van der Waals surface area contributed by atoms with E-state index in [2.05, 4.69) is 70.2 Å². The van der Waals surface area contributed by atoms with E-state index >= 15 is 0 Å². The van der Waals surface area contributed by atoms with Crippen LogP contribution in [0, 0.1) is 5.92 Å². The normalized spacial score (nSPS) is 23.6. The quantitative estimate of drug-likeness (QED) is 0.518. The van der Waals surface area contributed by atoms with Crippen molar-refractivity contribution in [3.05, 3.63) is 70.4 Å². The summed E-state index contributed by atoms with van der Waals surface area (Å²) in [5, 5.41) is 0. The third-order valence-electron chi connectivity index (χ3n) is 4.54. The van der Waals surface area contributed by atoms with Crippen LogP contribution in [0.2, 0.25) is 0 Å². The fourth-order valence-corrected chi connectivity index (χ4v) is 3.20. The molecule has 0 aliphatic heterocycles. The average molecular weight is 280 g/mol. The highest BCUT2D eigenvalue weighted by Gasteiger charge is 2.14. The van der Waals surface area contributed by atoms with Gasteiger partial charge in [0.1, 0.15) is 0 Å². The van der Waals surface area contributed by atoms with Gasteiger partial charge in [-0.15, -0.1) is 0 Å². The van der Waals surface area contributed by atoms with Crippen LogP contribution < -0.4 is 0 Å². The van der Waals surface area contributed by atoms with Crippen molar-refractivity contribution in [1.82, 2.24) is 0 Å². The lowest BCUT2D eigenvalue weighted by Crippen LogP contribution is -2.05. The minimum Gasteiger partial charge on any atom is -0.0841 e. The summed E-state index contributed by atoms with van der Waals surface area (Å²) < 4.78 is 0. The minimum absolute atomic E-state index is 0.586. The second kappa shape index (κ2) is 7.45. The molecule has 0 saturated carbocycles. The molecular formula is C21H28. The Morgan fingerprint density at radius 1 is 1.33 bits per heavy atom. The molecule has 0 radical (unpaired) electrons. The van der Waals surface area contributed by atoms with Crippen LogP contribution in [0.1, 0.15) is 53.4 Å². The van der Waals surface area contributed by atoms with Gasteiger partial charge in [-0.05, 0) is 64.5 Å². The lowest BCUT2D eigenvalue weighted by Gasteiger charge is -2.20. The Kier molecular flexibility index (Phi) is 5.61. The molecule has 21 heavy (non-hydrogen) atoms. The maximum atomic E-state index is 2.40. The molecule has 0 amide bonds. The molecule has 0 aromatic heterocycles. The summed E-state index contributed by atoms with van der Waals surface area (Å²) in [6.07, 6.45) is 20.8. The fourth-order valence-electron chi connectivity index (χ4n) is 3.20. The van der Waals surface area contributed by atoms with Crippen LogP contribution in [-0.2, 0) is 0 Å². The molecule has 2 aliphatic carbocycles. The molecule has 0 heterocycles. The number of allylic oxidation sites excluding steroid dienone is 12. The maximum Gasteiger partial charge on any atom is 0.00424 e. The fraction of sp³-hybridized carbons (Fsp3) is 0.429. The maximum absolute atomic E-state index is 2.40. The Morgan fingerprint density at radius 3 is 2.81 bits per heavy atom. The molecule has 0 bridgehead atoms. The van der Waals surface area contributed by atoms with Crippen molar-refractivity contribution < 1.29 is 0 Å². The van der Waals surface area contributed by atoms with E-state index in [1.807, 2.05) is 0 Å². The Hall–Kier alpha value is -1.56. The predicted octanol–water partition coefficient (Wildman–Crippen LogP) is 6.46. The van der Waals surface area contributed by atoms with Crippen LogP contribution in [-0.4, -0.2) is 0 Å². The summed E-state index contributed by atoms with van der Waals surface area (Å²) in [4.78, 5) is 0. The van der Waals surface area contributed by atoms with Crippen molar-refractivity contribution in [3.8, 4) is 0 Å². The number of rotatable bonds is 4. The van der Waals surface area contributed by atoms with Gasteiger partial charge >= 0.3 is 0 Å². The van der Waals surface area contributed by atoms with Crippen LogP contribution in [0.5, 0.6) is 0 Å². The Balaban J connectivity index is 2.08. The molecule has 0 spiro atoms. The zero-order chi connectivity index (χ0) is 15.2. The molecule has 0 aromatic rings. The van der Waals surface area contributed by atoms with Gasteiger partial charge in [-0.3, -0.25) is 0 Å². The van der Waals surface area contributed by atoms with Crippen molar-refractivity contribution in [2.45, 2.75) is 53.4 Å². The highest BCUT2D eigenvalue weighted by atomic mass is 14.2. The summed E-state index contributed by atoms with van der Waals surface area (Å²) >= 11 is 0. The highest BCUT2D eigenvalue weighted by Crippen LogP contribution is 2.29. The minimum atomic E-state index is 0.586. The van der Waals surface area contributed by atoms with Crippen molar-refractivity contribution in [3.63, 3.8) is 0 Å². The summed E-state index contributed by atoms with van der Waals surface area (Å²) in [5.41, 5.74) is 7.39. The van der Waals surface area contributed by atoms with Gasteiger partial charge in [-0.2, -0.15) is 0 Å². The smallest absolute Gasteiger partial charge is 0.00424 e. The van der Waals surface area contributed by atoms with Gasteiger partial charge in [0.2, 0.25) is 0 Å². The summed E-state index contributed by atoms with van der Waals surface area (Å²) in [7, 11) is 0. The van der Waals surface area contributed by atoms with E-state index < -0.39 is 0 Å². The van der Waals surface area contributed by atoms with Crippen molar-refractivity contribution >= 4 is 0 Å². The molecule has 1 atom stereocenters. The summed E-state index contributed by atoms with van der Waals surface area (Å²) in [5.74, 6) is 0.586. The Bertz CT molecular complexity index is 559. The zero-order valence-corrected chi connectivity index (χ0v) is 13.9. The van der Waals surface area contributed by atoms with Crippen molar-refractivity contribution in [2.75, 3.05) is 0 Å². The number of hydrogen-bond donors (Lipinski definition) is 0. The molecule has 0 nitrogen and oxygen atoms in total. The first-order chi connectivity index (χ1) is 10.1. The van der Waals surface area contributed by atoms with Crippen LogP contribution >= 0.6 is 0 Å². The van der Waals surface area contributed by atoms with E-state index in [0.29, 0.717) is 5.92 Å². The van der Waals surface area contributed by atoms with Crippen molar-refractivity contribution in [2.24, 2.45) is 5.92 Å². The Morgan fingerprint density at radius 2 is 2.14 bits per heavy atom. The van der Waals surface area contributed by atoms with Crippen LogP contribution in [0.25, 0.3) is 0 Å². The average Bonchev–Trinajstić information content (AvgIpc) is 2.47. The molecule has 0 fully saturated rings.